The number of rotatable bonds is 40. The molecule has 37 heteroatoms. The number of azide groups is 2. The molecule has 0 aliphatic heterocycles. The van der Waals surface area contributed by atoms with Crippen molar-refractivity contribution in [2.45, 2.75) is 235 Å². The standard InChI is InChI=1S/C27H47N7O7.C15H23ClO5.C15H23N3O5.C6H14N2O2.C2H2.CH3F.N3.Na.H2/c1-19(35)17-21(30-33(8)24(37)40-26(2,3)4)20(15-13-11-12-14-16-29-32-28)22(18-23(36)39-10)31-34(9)25(38)41-27(5,6)7;1-11(17)9-13(18)12(7-5-3-4-6-8-16)14(19)10-15(20)21-2;1-11(19)9-13(20)12(14(21)10-15(22)23-2)7-5-3-4-6-8-17-18-16;1-6(2,3)10-5(9)8(4)7;2*1-2;1-3-2;;/h20H,11-18H2,1-10H3;12H,3-10H2,1-2H3;12H,3-10H2,1-2H3;7H2,1-4H3;1-2H;1H3;;;1H/q;;;;;;-1;+1;/b30-21+,31-22+;;;;;;;;/i;;;;;1D;;;1+1D. The van der Waals surface area contributed by atoms with Crippen molar-refractivity contribution in [1.29, 1.82) is 0 Å². The molecular weight excluding hydrogens is 1380 g/mol. The van der Waals surface area contributed by atoms with Crippen molar-refractivity contribution >= 4 is 99.7 Å². The fraction of sp³-hybridized carbons (Fsp3) is 0.742. The van der Waals surface area contributed by atoms with Gasteiger partial charge < -0.3 is 39.5 Å². The molecule has 0 spiro atoms. The minimum absolute atomic E-state index is 0. The summed E-state index contributed by atoms with van der Waals surface area (Å²) in [5.41, 5.74) is 28.6. The maximum Gasteiger partial charge on any atom is 1.00 e. The number of ketones is 7. The molecule has 0 heterocycles. The zero-order valence-corrected chi connectivity index (χ0v) is 66.7. The van der Waals surface area contributed by atoms with Gasteiger partial charge in [0, 0.05) is 65.2 Å². The van der Waals surface area contributed by atoms with Gasteiger partial charge in [0.2, 0.25) is 0 Å². The van der Waals surface area contributed by atoms with E-state index >= 15 is 0 Å². The van der Waals surface area contributed by atoms with Crippen molar-refractivity contribution < 1.29 is 129 Å². The van der Waals surface area contributed by atoms with E-state index in [1.807, 2.05) is 0 Å². The molecule has 0 saturated carbocycles. The minimum atomic E-state index is -1.00. The number of nitrogens with zero attached hydrogens (tertiary/aromatic N) is 14. The van der Waals surface area contributed by atoms with Crippen molar-refractivity contribution in [3.8, 4) is 12.8 Å². The van der Waals surface area contributed by atoms with E-state index in [-0.39, 0.29) is 84.0 Å². The molecule has 2 N–H and O–H groups in total. The second kappa shape index (κ2) is 67.1. The van der Waals surface area contributed by atoms with Crippen LogP contribution in [0.15, 0.2) is 20.4 Å². The molecule has 0 fully saturated rings. The van der Waals surface area contributed by atoms with Gasteiger partial charge in [-0.15, -0.1) is 24.4 Å². The number of amides is 3. The number of carbonyl (C=O) groups is 13. The molecule has 3 unspecified atom stereocenters. The topological polar surface area (TPSA) is 494 Å². The van der Waals surface area contributed by atoms with Crippen LogP contribution in [0.4, 0.5) is 18.8 Å². The van der Waals surface area contributed by atoms with Crippen LogP contribution in [0, 0.1) is 30.6 Å². The average molecular weight is 1500 g/mol. The van der Waals surface area contributed by atoms with Gasteiger partial charge in [-0.25, -0.2) is 35.3 Å². The first-order valence-corrected chi connectivity index (χ1v) is 32.8. The van der Waals surface area contributed by atoms with E-state index in [1.165, 1.54) is 68.2 Å². The fourth-order valence-corrected chi connectivity index (χ4v) is 8.17. The van der Waals surface area contributed by atoms with Crippen molar-refractivity contribution in [3.63, 3.8) is 0 Å². The van der Waals surface area contributed by atoms with Gasteiger partial charge in [-0.05, 0) is 133 Å². The molecule has 0 aliphatic rings. The average Bonchev–Trinajstić information content (AvgIpc) is 0.841. The van der Waals surface area contributed by atoms with Crippen LogP contribution >= 0.6 is 11.6 Å². The molecule has 0 radical (unpaired) electrons. The normalized spacial score (nSPS) is 11.5. The maximum absolute atomic E-state index is 12.7. The number of hydrogen-bond acceptors (Lipinski definition) is 24. The molecule has 582 valence electrons. The van der Waals surface area contributed by atoms with Crippen LogP contribution in [0.25, 0.3) is 36.9 Å². The van der Waals surface area contributed by atoms with Crippen LogP contribution in [0.3, 0.4) is 0 Å². The Morgan fingerprint density at radius 2 is 0.757 bits per heavy atom. The van der Waals surface area contributed by atoms with Gasteiger partial charge in [0.25, 0.3) is 0 Å². The number of ether oxygens (including phenoxy) is 6. The number of hydrazine groups is 1. The molecule has 3 amide bonds. The number of nitrogens with two attached hydrogens (primary N) is 1. The summed E-state index contributed by atoms with van der Waals surface area (Å²) in [5.74, 6) is -1.42. The number of unbranched alkanes of at least 4 members (excludes halogenated alkanes) is 9. The zero-order valence-electron chi connectivity index (χ0n) is 66.9. The van der Waals surface area contributed by atoms with Gasteiger partial charge in [0.05, 0.1) is 72.4 Å². The van der Waals surface area contributed by atoms with Crippen LogP contribution in [0.5, 0.6) is 0 Å². The van der Waals surface area contributed by atoms with E-state index in [4.69, 9.17) is 62.9 Å². The van der Waals surface area contributed by atoms with E-state index in [1.54, 1.807) is 62.3 Å². The Bertz CT molecular complexity index is 2850. The Hall–Kier alpha value is -8.08. The molecule has 103 heavy (non-hydrogen) atoms. The smallest absolute Gasteiger partial charge is 0.469 e. The second-order valence-electron chi connectivity index (χ2n) is 25.0. The Kier molecular flexibility index (Phi) is 69.0. The third-order valence-corrected chi connectivity index (χ3v) is 12.6. The largest absolute Gasteiger partial charge is 1.00 e. The first-order chi connectivity index (χ1) is 48.9. The SMILES string of the molecule is C#C.CN(N)C(=O)OC(C)(C)C.COC(=O)C/C(=N\N(C)C(=O)OC(C)(C)C)C(CCCCCCN=[N+]=[N-])/C(CC(C)=O)=N/N(C)C(=O)OC(C)(C)C.COC(=O)CC(=O)C(CCCCCCCl)C(=O)CC(C)=O.COC(=O)CC(=O)C(CCCCCCN=[N+]=[N-])C(=O)CC(C)=O.[2H]CF.[2H][2H].[N-]=[N+]=[N-].[Na+]. The van der Waals surface area contributed by atoms with Gasteiger partial charge in [0.1, 0.15) is 47.0 Å². The summed E-state index contributed by atoms with van der Waals surface area (Å²) in [7, 11) is 6.84. The number of terminal acetylenes is 1. The Morgan fingerprint density at radius 3 is 1.02 bits per heavy atom. The quantitative estimate of drug-likeness (QED) is 0.00472. The number of alkyl halides is 2. The van der Waals surface area contributed by atoms with Crippen LogP contribution in [0.1, 0.15) is 222 Å². The summed E-state index contributed by atoms with van der Waals surface area (Å²) >= 11 is 5.58. The third-order valence-electron chi connectivity index (χ3n) is 12.3. The van der Waals surface area contributed by atoms with Crippen molar-refractivity contribution in [2.75, 3.05) is 68.6 Å². The van der Waals surface area contributed by atoms with Crippen molar-refractivity contribution in [2.24, 2.45) is 44.0 Å². The maximum atomic E-state index is 12.7. The Balaban J connectivity index is -0.000000176. The zero-order chi connectivity index (χ0) is 83.5. The van der Waals surface area contributed by atoms with Crippen LogP contribution < -0.4 is 35.4 Å². The fourth-order valence-electron chi connectivity index (χ4n) is 7.98. The van der Waals surface area contributed by atoms with E-state index in [9.17, 15) is 66.7 Å². The van der Waals surface area contributed by atoms with Crippen LogP contribution in [0.2, 0.25) is 0 Å². The van der Waals surface area contributed by atoms with Gasteiger partial charge in [-0.2, -0.15) is 10.2 Å². The summed E-state index contributed by atoms with van der Waals surface area (Å²) in [6.45, 7) is 20.4. The van der Waals surface area contributed by atoms with E-state index in [0.717, 1.165) is 66.4 Å². The molecule has 0 aromatic rings. The van der Waals surface area contributed by atoms with E-state index in [2.05, 4.69) is 52.6 Å². The number of carbonyl (C=O) groups excluding carboxylic acids is 13. The first kappa shape index (κ1) is 106. The predicted molar refractivity (Wildman–Crippen MR) is 384 cm³/mol. The summed E-state index contributed by atoms with van der Waals surface area (Å²) in [6.07, 6.45) is 14.4. The summed E-state index contributed by atoms with van der Waals surface area (Å²) in [5, 5.41) is 18.7. The van der Waals surface area contributed by atoms with E-state index < -0.39 is 114 Å². The van der Waals surface area contributed by atoms with Crippen molar-refractivity contribution in [1.82, 2.24) is 15.0 Å². The number of esters is 3. The summed E-state index contributed by atoms with van der Waals surface area (Å²) in [4.78, 5) is 160. The summed E-state index contributed by atoms with van der Waals surface area (Å²) < 4.78 is 54.9. The molecule has 0 rings (SSSR count). The molecule has 3 atom stereocenters. The summed E-state index contributed by atoms with van der Waals surface area (Å²) in [6, 6.07) is 0. The Morgan fingerprint density at radius 1 is 0.495 bits per heavy atom. The molecule has 0 aliphatic carbocycles. The Labute approximate surface area is 637 Å². The predicted octanol–water partition coefficient (Wildman–Crippen LogP) is 10.5. The number of hydrazone groups is 2. The van der Waals surface area contributed by atoms with E-state index in [0.29, 0.717) is 63.9 Å². The van der Waals surface area contributed by atoms with Gasteiger partial charge in [-0.3, -0.25) is 57.2 Å². The number of methoxy groups -OCH3 is 3. The number of Topliss-reactive ketones (excluding diaryl/α,β-unsaturated/α-hetero) is 7. The minimum Gasteiger partial charge on any atom is -0.469 e. The molecule has 0 bridgehead atoms. The molecular formula is C66H114ClFN15NaO19. The molecule has 34 nitrogen and oxygen atoms in total. The number of hydrogen-bond donors (Lipinski definition) is 1. The first-order valence-electron chi connectivity index (χ1n) is 33.9. The van der Waals surface area contributed by atoms with Gasteiger partial charge in [0.15, 0.2) is 23.1 Å². The van der Waals surface area contributed by atoms with Crippen LogP contribution in [-0.4, -0.2) is 189 Å². The van der Waals surface area contributed by atoms with Crippen molar-refractivity contribution in [3.05, 3.63) is 36.9 Å². The molecule has 0 saturated heterocycles. The second-order valence-corrected chi connectivity index (χ2v) is 25.4. The van der Waals surface area contributed by atoms with Crippen LogP contribution in [-0.2, 0) is 76.4 Å². The monoisotopic (exact) mass is 1500 g/mol. The third kappa shape index (κ3) is 70.7. The van der Waals surface area contributed by atoms with Gasteiger partial charge in [-0.1, -0.05) is 68.0 Å². The van der Waals surface area contributed by atoms with Gasteiger partial charge >= 0.3 is 65.7 Å². The molecule has 0 aromatic carbocycles. The molecule has 0 aromatic heterocycles. The number of halogens is 2.